The molecule has 0 saturated carbocycles. The fraction of sp³-hybridized carbons (Fsp3) is 0.733. The molecule has 1 N–H and O–H groups in total. The molecule has 104 valence electrons. The molecule has 0 aliphatic rings. The lowest BCUT2D eigenvalue weighted by molar-refractivity contribution is 0.102. The molecule has 0 unspecified atom stereocenters. The van der Waals surface area contributed by atoms with Crippen LogP contribution < -0.4 is 5.32 Å². The van der Waals surface area contributed by atoms with Crippen LogP contribution in [-0.4, -0.2) is 13.2 Å². The van der Waals surface area contributed by atoms with Crippen LogP contribution in [0.2, 0.25) is 0 Å². The Bertz CT molecular complexity index is 296. The molecule has 0 aliphatic heterocycles. The molecule has 3 nitrogen and oxygen atoms in total. The Labute approximate surface area is 111 Å². The summed E-state index contributed by atoms with van der Waals surface area (Å²) in [6, 6.07) is 2.07. The summed E-state index contributed by atoms with van der Waals surface area (Å²) in [7, 11) is 0. The van der Waals surface area contributed by atoms with Crippen molar-refractivity contribution in [2.24, 2.45) is 0 Å². The molecule has 0 amide bonds. The van der Waals surface area contributed by atoms with Gasteiger partial charge in [0.25, 0.3) is 0 Å². The molecule has 3 heteroatoms. The average molecular weight is 253 g/mol. The van der Waals surface area contributed by atoms with Gasteiger partial charge in [0.1, 0.15) is 12.4 Å². The summed E-state index contributed by atoms with van der Waals surface area (Å²) in [5, 5.41) is 3.27. The van der Waals surface area contributed by atoms with Crippen molar-refractivity contribution in [1.29, 1.82) is 0 Å². The third-order valence-electron chi connectivity index (χ3n) is 2.92. The van der Waals surface area contributed by atoms with Crippen LogP contribution in [0.15, 0.2) is 16.7 Å². The van der Waals surface area contributed by atoms with Crippen molar-refractivity contribution in [1.82, 2.24) is 5.32 Å². The molecule has 0 atom stereocenters. The molecule has 1 heterocycles. The highest BCUT2D eigenvalue weighted by Crippen LogP contribution is 2.09. The maximum absolute atomic E-state index is 5.60. The third-order valence-corrected chi connectivity index (χ3v) is 2.92. The van der Waals surface area contributed by atoms with Gasteiger partial charge in [-0.2, -0.15) is 0 Å². The average Bonchev–Trinajstić information content (AvgIpc) is 2.83. The smallest absolute Gasteiger partial charge is 0.129 e. The van der Waals surface area contributed by atoms with Crippen LogP contribution in [0.1, 0.15) is 57.3 Å². The van der Waals surface area contributed by atoms with Crippen LogP contribution in [0.4, 0.5) is 0 Å². The molecule has 0 saturated heterocycles. The summed E-state index contributed by atoms with van der Waals surface area (Å²) in [6.07, 6.45) is 8.20. The van der Waals surface area contributed by atoms with Crippen molar-refractivity contribution in [2.45, 2.75) is 59.1 Å². The summed E-state index contributed by atoms with van der Waals surface area (Å²) in [5.74, 6) is 0.927. The predicted molar refractivity (Wildman–Crippen MR) is 74.5 cm³/mol. The second-order valence-electron chi connectivity index (χ2n) is 4.67. The van der Waals surface area contributed by atoms with Crippen LogP contribution in [0.3, 0.4) is 0 Å². The van der Waals surface area contributed by atoms with E-state index in [0.717, 1.165) is 31.9 Å². The van der Waals surface area contributed by atoms with Crippen LogP contribution in [0, 0.1) is 0 Å². The van der Waals surface area contributed by atoms with Crippen LogP contribution in [-0.2, 0) is 17.9 Å². The van der Waals surface area contributed by atoms with E-state index >= 15 is 0 Å². The van der Waals surface area contributed by atoms with E-state index in [9.17, 15) is 0 Å². The van der Waals surface area contributed by atoms with Crippen LogP contribution in [0.5, 0.6) is 0 Å². The molecular formula is C15H27NO2. The van der Waals surface area contributed by atoms with Gasteiger partial charge in [0.2, 0.25) is 0 Å². The Morgan fingerprint density at radius 1 is 1.17 bits per heavy atom. The Hall–Kier alpha value is -0.800. The Morgan fingerprint density at radius 3 is 2.78 bits per heavy atom. The molecule has 0 aromatic carbocycles. The molecule has 0 aliphatic carbocycles. The number of nitrogens with one attached hydrogen (secondary N) is 1. The van der Waals surface area contributed by atoms with Gasteiger partial charge in [-0.25, -0.2) is 0 Å². The number of hydrogen-bond acceptors (Lipinski definition) is 3. The summed E-state index contributed by atoms with van der Waals surface area (Å²) < 4.78 is 11.0. The van der Waals surface area contributed by atoms with E-state index in [1.165, 1.54) is 31.2 Å². The third kappa shape index (κ3) is 6.82. The van der Waals surface area contributed by atoms with Gasteiger partial charge in [0.05, 0.1) is 6.26 Å². The minimum Gasteiger partial charge on any atom is -0.467 e. The molecule has 0 spiro atoms. The minimum atomic E-state index is 0.597. The van der Waals surface area contributed by atoms with E-state index in [0.29, 0.717) is 6.61 Å². The molecule has 18 heavy (non-hydrogen) atoms. The minimum absolute atomic E-state index is 0.597. The lowest BCUT2D eigenvalue weighted by Crippen LogP contribution is -2.10. The Kier molecular flexibility index (Phi) is 8.61. The van der Waals surface area contributed by atoms with Gasteiger partial charge in [-0.15, -0.1) is 0 Å². The van der Waals surface area contributed by atoms with Crippen molar-refractivity contribution >= 4 is 0 Å². The molecular weight excluding hydrogens is 226 g/mol. The van der Waals surface area contributed by atoms with E-state index in [2.05, 4.69) is 25.2 Å². The summed E-state index contributed by atoms with van der Waals surface area (Å²) in [6.45, 7) is 7.62. The topological polar surface area (TPSA) is 34.4 Å². The zero-order valence-corrected chi connectivity index (χ0v) is 11.8. The monoisotopic (exact) mass is 253 g/mol. The quantitative estimate of drug-likeness (QED) is 0.608. The maximum Gasteiger partial charge on any atom is 0.129 e. The highest BCUT2D eigenvalue weighted by molar-refractivity contribution is 5.11. The predicted octanol–water partition coefficient (Wildman–Crippen LogP) is 3.88. The van der Waals surface area contributed by atoms with E-state index < -0.39 is 0 Å². The maximum atomic E-state index is 5.60. The molecule has 1 aromatic heterocycles. The van der Waals surface area contributed by atoms with Crippen molar-refractivity contribution in [3.05, 3.63) is 23.7 Å². The number of unbranched alkanes of at least 4 members (excludes halogenated alkanes) is 4. The number of furan rings is 1. The van der Waals surface area contributed by atoms with Gasteiger partial charge in [-0.05, 0) is 19.0 Å². The first-order valence-corrected chi connectivity index (χ1v) is 7.21. The molecule has 0 fully saturated rings. The lowest BCUT2D eigenvalue weighted by atomic mass is 10.2. The van der Waals surface area contributed by atoms with Gasteiger partial charge in [-0.3, -0.25) is 0 Å². The fourth-order valence-electron chi connectivity index (χ4n) is 1.84. The molecule has 1 rings (SSSR count). The first-order valence-electron chi connectivity index (χ1n) is 7.21. The van der Waals surface area contributed by atoms with Crippen LogP contribution >= 0.6 is 0 Å². The highest BCUT2D eigenvalue weighted by Gasteiger charge is 2.01. The summed E-state index contributed by atoms with van der Waals surface area (Å²) in [4.78, 5) is 0. The van der Waals surface area contributed by atoms with Gasteiger partial charge in [-0.1, -0.05) is 39.5 Å². The largest absolute Gasteiger partial charge is 0.467 e. The van der Waals surface area contributed by atoms with Crippen molar-refractivity contribution < 1.29 is 9.15 Å². The number of rotatable bonds is 11. The zero-order chi connectivity index (χ0) is 13.1. The lowest BCUT2D eigenvalue weighted by Gasteiger charge is -2.01. The number of ether oxygens (including phenoxy) is 1. The fourth-order valence-corrected chi connectivity index (χ4v) is 1.84. The second kappa shape index (κ2) is 10.2. The molecule has 1 aromatic rings. The van der Waals surface area contributed by atoms with Crippen molar-refractivity contribution in [3.63, 3.8) is 0 Å². The summed E-state index contributed by atoms with van der Waals surface area (Å²) in [5.41, 5.74) is 1.19. The van der Waals surface area contributed by atoms with E-state index in [-0.39, 0.29) is 0 Å². The number of hydrogen-bond donors (Lipinski definition) is 1. The highest BCUT2D eigenvalue weighted by atomic mass is 16.5. The van der Waals surface area contributed by atoms with Crippen molar-refractivity contribution in [3.8, 4) is 0 Å². The SMILES string of the molecule is CCCCCCCOCc1cc(CNCC)co1. The first kappa shape index (κ1) is 15.3. The molecule has 0 radical (unpaired) electrons. The van der Waals surface area contributed by atoms with Gasteiger partial charge < -0.3 is 14.5 Å². The standard InChI is InChI=1S/C15H27NO2/c1-3-5-6-7-8-9-17-13-15-10-14(12-18-15)11-16-4-2/h10,12,16H,3-9,11,13H2,1-2H3. The first-order chi connectivity index (χ1) is 8.86. The van der Waals surface area contributed by atoms with Crippen LogP contribution in [0.25, 0.3) is 0 Å². The summed E-state index contributed by atoms with van der Waals surface area (Å²) >= 11 is 0. The van der Waals surface area contributed by atoms with Crippen molar-refractivity contribution in [2.75, 3.05) is 13.2 Å². The van der Waals surface area contributed by atoms with Gasteiger partial charge in [0.15, 0.2) is 0 Å². The second-order valence-corrected chi connectivity index (χ2v) is 4.67. The van der Waals surface area contributed by atoms with E-state index in [1.807, 2.05) is 6.26 Å². The molecule has 0 bridgehead atoms. The van der Waals surface area contributed by atoms with E-state index in [1.54, 1.807) is 0 Å². The zero-order valence-electron chi connectivity index (χ0n) is 11.8. The normalized spacial score (nSPS) is 11.0. The Morgan fingerprint density at radius 2 is 2.00 bits per heavy atom. The Balaban J connectivity index is 2.03. The van der Waals surface area contributed by atoms with Gasteiger partial charge in [0, 0.05) is 18.7 Å². The van der Waals surface area contributed by atoms with E-state index in [4.69, 9.17) is 9.15 Å². The van der Waals surface area contributed by atoms with Gasteiger partial charge >= 0.3 is 0 Å².